The summed E-state index contributed by atoms with van der Waals surface area (Å²) in [4.78, 5) is 23.7. The van der Waals surface area contributed by atoms with Gasteiger partial charge in [-0.05, 0) is 54.8 Å². The fraction of sp³-hybridized carbons (Fsp3) is 0.200. The SMILES string of the molecule is O=C(/C=C/c1cccc(F)c1)Nc1ccc(NC(=O)C2CC2)cc1C(F)(F)F. The Kier molecular flexibility index (Phi) is 5.48. The van der Waals surface area contributed by atoms with E-state index in [2.05, 4.69) is 10.6 Å². The van der Waals surface area contributed by atoms with Gasteiger partial charge in [-0.15, -0.1) is 0 Å². The van der Waals surface area contributed by atoms with Crippen LogP contribution in [-0.4, -0.2) is 11.8 Å². The zero-order chi connectivity index (χ0) is 20.3. The number of hydrogen-bond acceptors (Lipinski definition) is 2. The smallest absolute Gasteiger partial charge is 0.326 e. The minimum Gasteiger partial charge on any atom is -0.326 e. The van der Waals surface area contributed by atoms with Gasteiger partial charge in [-0.1, -0.05) is 12.1 Å². The lowest BCUT2D eigenvalue weighted by Crippen LogP contribution is -2.17. The molecule has 4 nitrogen and oxygen atoms in total. The van der Waals surface area contributed by atoms with Crippen LogP contribution in [0.5, 0.6) is 0 Å². The standard InChI is InChI=1S/C20H16F4N2O2/c21-14-3-1-2-12(10-14)4-9-18(27)26-17-8-7-15(11-16(17)20(22,23)24)25-19(28)13-5-6-13/h1-4,7-11,13H,5-6H2,(H,25,28)(H,26,27)/b9-4+. The van der Waals surface area contributed by atoms with Gasteiger partial charge in [-0.25, -0.2) is 4.39 Å². The van der Waals surface area contributed by atoms with Gasteiger partial charge >= 0.3 is 6.18 Å². The minimum absolute atomic E-state index is 0.0116. The quantitative estimate of drug-likeness (QED) is 0.565. The second kappa shape index (κ2) is 7.84. The van der Waals surface area contributed by atoms with Crippen LogP contribution in [-0.2, 0) is 15.8 Å². The van der Waals surface area contributed by atoms with Crippen molar-refractivity contribution in [3.05, 3.63) is 65.5 Å². The average Bonchev–Trinajstić information content (AvgIpc) is 3.46. The van der Waals surface area contributed by atoms with Crippen molar-refractivity contribution in [2.24, 2.45) is 5.92 Å². The summed E-state index contributed by atoms with van der Waals surface area (Å²) in [6.07, 6.45) is -0.976. The number of halogens is 4. The monoisotopic (exact) mass is 392 g/mol. The highest BCUT2D eigenvalue weighted by Gasteiger charge is 2.35. The fourth-order valence-corrected chi connectivity index (χ4v) is 2.51. The van der Waals surface area contributed by atoms with E-state index in [-0.39, 0.29) is 17.5 Å². The molecule has 8 heteroatoms. The van der Waals surface area contributed by atoms with Crippen molar-refractivity contribution in [1.82, 2.24) is 0 Å². The molecule has 1 saturated carbocycles. The number of rotatable bonds is 5. The van der Waals surface area contributed by atoms with Gasteiger partial charge in [-0.2, -0.15) is 13.2 Å². The number of carbonyl (C=O) groups excluding carboxylic acids is 2. The maximum atomic E-state index is 13.4. The van der Waals surface area contributed by atoms with Gasteiger partial charge in [-0.3, -0.25) is 9.59 Å². The van der Waals surface area contributed by atoms with Gasteiger partial charge in [0, 0.05) is 17.7 Å². The zero-order valence-electron chi connectivity index (χ0n) is 14.5. The summed E-state index contributed by atoms with van der Waals surface area (Å²) in [5.74, 6) is -1.76. The Morgan fingerprint density at radius 3 is 2.43 bits per heavy atom. The molecule has 1 aliphatic carbocycles. The minimum atomic E-state index is -4.73. The Balaban J connectivity index is 1.76. The van der Waals surface area contributed by atoms with Gasteiger partial charge in [0.2, 0.25) is 11.8 Å². The van der Waals surface area contributed by atoms with Crippen molar-refractivity contribution in [2.75, 3.05) is 10.6 Å². The molecule has 0 aliphatic heterocycles. The molecule has 1 aliphatic rings. The molecule has 28 heavy (non-hydrogen) atoms. The highest BCUT2D eigenvalue weighted by Crippen LogP contribution is 2.37. The number of hydrogen-bond donors (Lipinski definition) is 2. The van der Waals surface area contributed by atoms with Crippen molar-refractivity contribution in [2.45, 2.75) is 19.0 Å². The molecule has 0 heterocycles. The summed E-state index contributed by atoms with van der Waals surface area (Å²) in [5, 5.41) is 4.61. The van der Waals surface area contributed by atoms with Crippen LogP contribution in [0, 0.1) is 11.7 Å². The van der Waals surface area contributed by atoms with Gasteiger partial charge in [0.15, 0.2) is 0 Å². The Bertz CT molecular complexity index is 934. The molecule has 2 amide bonds. The first-order chi connectivity index (χ1) is 13.2. The number of nitrogens with one attached hydrogen (secondary N) is 2. The zero-order valence-corrected chi connectivity index (χ0v) is 14.5. The first kappa shape index (κ1) is 19.6. The molecule has 0 bridgehead atoms. The molecule has 2 aromatic rings. The van der Waals surface area contributed by atoms with E-state index in [1.807, 2.05) is 0 Å². The van der Waals surface area contributed by atoms with Crippen LogP contribution in [0.3, 0.4) is 0 Å². The lowest BCUT2D eigenvalue weighted by molar-refractivity contribution is -0.137. The van der Waals surface area contributed by atoms with E-state index < -0.39 is 29.2 Å². The number of alkyl halides is 3. The highest BCUT2D eigenvalue weighted by molar-refractivity contribution is 6.02. The maximum Gasteiger partial charge on any atom is 0.418 e. The molecule has 2 aromatic carbocycles. The van der Waals surface area contributed by atoms with Crippen molar-refractivity contribution in [1.29, 1.82) is 0 Å². The van der Waals surface area contributed by atoms with Crippen LogP contribution in [0.4, 0.5) is 28.9 Å². The molecule has 146 valence electrons. The largest absolute Gasteiger partial charge is 0.418 e. The third kappa shape index (κ3) is 5.18. The van der Waals surface area contributed by atoms with Crippen LogP contribution < -0.4 is 10.6 Å². The van der Waals surface area contributed by atoms with E-state index in [1.165, 1.54) is 30.3 Å². The number of amides is 2. The molecule has 0 spiro atoms. The molecular formula is C20H16F4N2O2. The van der Waals surface area contributed by atoms with E-state index >= 15 is 0 Å². The van der Waals surface area contributed by atoms with Gasteiger partial charge in [0.1, 0.15) is 5.82 Å². The second-order valence-corrected chi connectivity index (χ2v) is 6.40. The third-order valence-electron chi connectivity index (χ3n) is 4.07. The van der Waals surface area contributed by atoms with Crippen molar-refractivity contribution >= 4 is 29.3 Å². The maximum absolute atomic E-state index is 13.4. The first-order valence-corrected chi connectivity index (χ1v) is 8.49. The van der Waals surface area contributed by atoms with Gasteiger partial charge in [0.05, 0.1) is 11.3 Å². The predicted octanol–water partition coefficient (Wildman–Crippen LogP) is 4.84. The molecule has 0 aromatic heterocycles. The molecule has 0 atom stereocenters. The summed E-state index contributed by atoms with van der Waals surface area (Å²) in [6.45, 7) is 0. The van der Waals surface area contributed by atoms with Crippen LogP contribution >= 0.6 is 0 Å². The van der Waals surface area contributed by atoms with Crippen LogP contribution in [0.1, 0.15) is 24.0 Å². The molecule has 2 N–H and O–H groups in total. The fourth-order valence-electron chi connectivity index (χ4n) is 2.51. The molecule has 1 fully saturated rings. The normalized spacial score (nSPS) is 14.1. The summed E-state index contributed by atoms with van der Waals surface area (Å²) in [6, 6.07) is 8.57. The first-order valence-electron chi connectivity index (χ1n) is 8.49. The lowest BCUT2D eigenvalue weighted by atomic mass is 10.1. The molecular weight excluding hydrogens is 376 g/mol. The van der Waals surface area contributed by atoms with E-state index in [1.54, 1.807) is 6.07 Å². The van der Waals surface area contributed by atoms with E-state index in [9.17, 15) is 27.2 Å². The van der Waals surface area contributed by atoms with E-state index in [0.29, 0.717) is 5.56 Å². The topological polar surface area (TPSA) is 58.2 Å². The summed E-state index contributed by atoms with van der Waals surface area (Å²) >= 11 is 0. The Morgan fingerprint density at radius 2 is 1.79 bits per heavy atom. The van der Waals surface area contributed by atoms with Crippen LogP contribution in [0.2, 0.25) is 0 Å². The highest BCUT2D eigenvalue weighted by atomic mass is 19.4. The van der Waals surface area contributed by atoms with Crippen LogP contribution in [0.25, 0.3) is 6.08 Å². The molecule has 3 rings (SSSR count). The van der Waals surface area contributed by atoms with E-state index in [4.69, 9.17) is 0 Å². The van der Waals surface area contributed by atoms with Crippen molar-refractivity contribution < 1.29 is 27.2 Å². The Labute approximate surface area is 158 Å². The number of carbonyl (C=O) groups is 2. The third-order valence-corrected chi connectivity index (χ3v) is 4.07. The predicted molar refractivity (Wildman–Crippen MR) is 96.9 cm³/mol. The molecule has 0 saturated heterocycles. The van der Waals surface area contributed by atoms with Crippen LogP contribution in [0.15, 0.2) is 48.5 Å². The van der Waals surface area contributed by atoms with Crippen molar-refractivity contribution in [3.8, 4) is 0 Å². The number of benzene rings is 2. The summed E-state index contributed by atoms with van der Waals surface area (Å²) in [7, 11) is 0. The average molecular weight is 392 g/mol. The molecule has 0 radical (unpaired) electrons. The molecule has 0 unspecified atom stereocenters. The van der Waals surface area contributed by atoms with E-state index in [0.717, 1.165) is 31.1 Å². The van der Waals surface area contributed by atoms with Crippen molar-refractivity contribution in [3.63, 3.8) is 0 Å². The van der Waals surface area contributed by atoms with Gasteiger partial charge < -0.3 is 10.6 Å². The Morgan fingerprint density at radius 1 is 1.04 bits per heavy atom. The van der Waals surface area contributed by atoms with Gasteiger partial charge in [0.25, 0.3) is 0 Å². The summed E-state index contributed by atoms with van der Waals surface area (Å²) < 4.78 is 53.2. The number of anilines is 2. The summed E-state index contributed by atoms with van der Waals surface area (Å²) in [5.41, 5.74) is -1.11. The lowest BCUT2D eigenvalue weighted by Gasteiger charge is -2.15. The Hall–Kier alpha value is -3.16. The second-order valence-electron chi connectivity index (χ2n) is 6.40.